The number of esters is 1. The van der Waals surface area contributed by atoms with Crippen LogP contribution in [0.5, 0.6) is 11.5 Å². The van der Waals surface area contributed by atoms with Gasteiger partial charge in [-0.25, -0.2) is 4.90 Å². The highest BCUT2D eigenvalue weighted by molar-refractivity contribution is 7.98. The first-order valence-electron chi connectivity index (χ1n) is 10.7. The predicted molar refractivity (Wildman–Crippen MR) is 125 cm³/mol. The number of methoxy groups -OCH3 is 1. The second kappa shape index (κ2) is 8.66. The van der Waals surface area contributed by atoms with Crippen LogP contribution in [-0.4, -0.2) is 55.7 Å². The van der Waals surface area contributed by atoms with Gasteiger partial charge in [-0.2, -0.15) is 11.8 Å². The van der Waals surface area contributed by atoms with Gasteiger partial charge in [0, 0.05) is 10.9 Å². The van der Waals surface area contributed by atoms with E-state index in [0.717, 1.165) is 4.88 Å². The lowest BCUT2D eigenvalue weighted by molar-refractivity contribution is -0.152. The molecule has 0 unspecified atom stereocenters. The number of imide groups is 1. The third-order valence-electron chi connectivity index (χ3n) is 6.54. The van der Waals surface area contributed by atoms with Gasteiger partial charge in [0.05, 0.1) is 30.7 Å². The van der Waals surface area contributed by atoms with Crippen LogP contribution in [0.25, 0.3) is 0 Å². The van der Waals surface area contributed by atoms with E-state index >= 15 is 0 Å². The van der Waals surface area contributed by atoms with Crippen molar-refractivity contribution in [3.05, 3.63) is 40.6 Å². The maximum absolute atomic E-state index is 13.9. The van der Waals surface area contributed by atoms with Gasteiger partial charge in [-0.15, -0.1) is 11.3 Å². The summed E-state index contributed by atoms with van der Waals surface area (Å²) < 4.78 is 16.4. The first kappa shape index (κ1) is 22.2. The number of rotatable bonds is 6. The minimum Gasteiger partial charge on any atom is -0.486 e. The molecule has 1 aromatic carbocycles. The van der Waals surface area contributed by atoms with Crippen molar-refractivity contribution in [1.82, 2.24) is 5.32 Å². The molecule has 3 aliphatic rings. The number of nitrogens with zero attached hydrogens (tertiary/aromatic N) is 1. The van der Waals surface area contributed by atoms with Crippen LogP contribution in [0, 0.1) is 11.8 Å². The first-order valence-corrected chi connectivity index (χ1v) is 12.9. The Morgan fingerprint density at radius 1 is 1.24 bits per heavy atom. The molecular formula is C23H24N2O6S2. The Morgan fingerprint density at radius 3 is 2.73 bits per heavy atom. The van der Waals surface area contributed by atoms with Crippen LogP contribution >= 0.6 is 23.1 Å². The summed E-state index contributed by atoms with van der Waals surface area (Å²) in [5.74, 6) is -1.14. The van der Waals surface area contributed by atoms with Crippen molar-refractivity contribution in [1.29, 1.82) is 0 Å². The predicted octanol–water partition coefficient (Wildman–Crippen LogP) is 2.63. The quantitative estimate of drug-likeness (QED) is 0.490. The zero-order valence-corrected chi connectivity index (χ0v) is 19.9. The molecule has 2 fully saturated rings. The summed E-state index contributed by atoms with van der Waals surface area (Å²) in [5, 5.41) is 5.31. The lowest BCUT2D eigenvalue weighted by Crippen LogP contribution is -2.56. The molecule has 2 aromatic rings. The molecule has 1 N–H and O–H groups in total. The van der Waals surface area contributed by atoms with Crippen molar-refractivity contribution in [2.75, 3.05) is 37.2 Å². The average molecular weight is 489 g/mol. The highest BCUT2D eigenvalue weighted by Crippen LogP contribution is 2.52. The molecule has 0 saturated carbocycles. The highest BCUT2D eigenvalue weighted by Gasteiger charge is 2.68. The van der Waals surface area contributed by atoms with Crippen molar-refractivity contribution < 1.29 is 28.6 Å². The largest absolute Gasteiger partial charge is 0.486 e. The van der Waals surface area contributed by atoms with E-state index in [-0.39, 0.29) is 5.91 Å². The summed E-state index contributed by atoms with van der Waals surface area (Å²) >= 11 is 3.07. The number of ether oxygens (including phenoxy) is 3. The van der Waals surface area contributed by atoms with Crippen LogP contribution in [0.2, 0.25) is 0 Å². The average Bonchev–Trinajstić information content (AvgIpc) is 3.54. The number of hydrogen-bond donors (Lipinski definition) is 1. The SMILES string of the molecule is COC(=O)[C@@]1(CCSC)N[C@@H](c2cccs2)[C@H]2C(=O)N(c3ccc4c(c3)OCCO4)C(=O)[C@H]21. The first-order chi connectivity index (χ1) is 16.0. The molecule has 0 bridgehead atoms. The van der Waals surface area contributed by atoms with Crippen LogP contribution in [0.4, 0.5) is 5.69 Å². The summed E-state index contributed by atoms with van der Waals surface area (Å²) in [6, 6.07) is 8.40. The van der Waals surface area contributed by atoms with Crippen molar-refractivity contribution in [3.63, 3.8) is 0 Å². The van der Waals surface area contributed by atoms with E-state index in [1.807, 2.05) is 23.8 Å². The third kappa shape index (κ3) is 3.43. The van der Waals surface area contributed by atoms with Crippen molar-refractivity contribution in [2.24, 2.45) is 11.8 Å². The van der Waals surface area contributed by atoms with E-state index in [0.29, 0.717) is 42.6 Å². The van der Waals surface area contributed by atoms with E-state index in [2.05, 4.69) is 5.32 Å². The Labute approximate surface area is 199 Å². The van der Waals surface area contributed by atoms with Gasteiger partial charge in [-0.05, 0) is 42.0 Å². The van der Waals surface area contributed by atoms with Crippen molar-refractivity contribution in [3.8, 4) is 11.5 Å². The smallest absolute Gasteiger partial charge is 0.326 e. The standard InChI is InChI=1S/C23H24N2O6S2/c1-29-22(28)23(7-11-32-2)18-17(19(24-23)16-4-3-10-33-16)20(26)25(21(18)27)13-5-6-14-15(12-13)31-9-8-30-14/h3-6,10,12,17-19,24H,7-9,11H2,1-2H3/t17-,18-,19-,23-/m0/s1. The zero-order chi connectivity index (χ0) is 23.2. The van der Waals surface area contributed by atoms with Crippen molar-refractivity contribution >= 4 is 46.6 Å². The molecule has 1 aromatic heterocycles. The second-order valence-corrected chi connectivity index (χ2v) is 10.2. The Bertz CT molecular complexity index is 1090. The molecule has 0 radical (unpaired) electrons. The molecule has 174 valence electrons. The van der Waals surface area contributed by atoms with Gasteiger partial charge in [0.15, 0.2) is 11.5 Å². The summed E-state index contributed by atoms with van der Waals surface area (Å²) in [5.41, 5.74) is -0.871. The Hall–Kier alpha value is -2.56. The lowest BCUT2D eigenvalue weighted by atomic mass is 9.78. The number of carbonyl (C=O) groups excluding carboxylic acids is 3. The van der Waals surface area contributed by atoms with E-state index in [1.54, 1.807) is 30.0 Å². The monoisotopic (exact) mass is 488 g/mol. The highest BCUT2D eigenvalue weighted by atomic mass is 32.2. The number of amides is 2. The van der Waals surface area contributed by atoms with Gasteiger partial charge in [0.1, 0.15) is 18.8 Å². The van der Waals surface area contributed by atoms with Crippen LogP contribution in [0.3, 0.4) is 0 Å². The Kier molecular flexibility index (Phi) is 5.84. The van der Waals surface area contributed by atoms with Crippen LogP contribution < -0.4 is 19.7 Å². The summed E-state index contributed by atoms with van der Waals surface area (Å²) in [4.78, 5) is 42.9. The Balaban J connectivity index is 1.60. The van der Waals surface area contributed by atoms with Gasteiger partial charge in [0.2, 0.25) is 11.8 Å². The maximum Gasteiger partial charge on any atom is 0.326 e. The van der Waals surface area contributed by atoms with Gasteiger partial charge in [0.25, 0.3) is 0 Å². The van der Waals surface area contributed by atoms with Gasteiger partial charge < -0.3 is 14.2 Å². The molecule has 0 spiro atoms. The molecule has 33 heavy (non-hydrogen) atoms. The van der Waals surface area contributed by atoms with Gasteiger partial charge >= 0.3 is 5.97 Å². The van der Waals surface area contributed by atoms with Crippen LogP contribution in [-0.2, 0) is 19.1 Å². The molecule has 4 atom stereocenters. The number of anilines is 1. The summed E-state index contributed by atoms with van der Waals surface area (Å²) in [7, 11) is 1.32. The topological polar surface area (TPSA) is 94.2 Å². The van der Waals surface area contributed by atoms with Crippen molar-refractivity contribution in [2.45, 2.75) is 18.0 Å². The fraction of sp³-hybridized carbons (Fsp3) is 0.435. The molecule has 2 amide bonds. The van der Waals surface area contributed by atoms with E-state index in [9.17, 15) is 14.4 Å². The molecule has 4 heterocycles. The number of thioether (sulfide) groups is 1. The number of hydrogen-bond acceptors (Lipinski definition) is 9. The lowest BCUT2D eigenvalue weighted by Gasteiger charge is -2.32. The van der Waals surface area contributed by atoms with E-state index in [4.69, 9.17) is 14.2 Å². The fourth-order valence-corrected chi connectivity index (χ4v) is 6.45. The molecule has 0 aliphatic carbocycles. The van der Waals surface area contributed by atoms with E-state index < -0.39 is 35.3 Å². The summed E-state index contributed by atoms with van der Waals surface area (Å²) in [6.07, 6.45) is 2.31. The minimum atomic E-state index is -1.29. The fourth-order valence-electron chi connectivity index (χ4n) is 5.11. The number of benzene rings is 1. The molecule has 10 heteroatoms. The maximum atomic E-state index is 13.9. The third-order valence-corrected chi connectivity index (χ3v) is 8.11. The van der Waals surface area contributed by atoms with Crippen LogP contribution in [0.15, 0.2) is 35.7 Å². The number of carbonyl (C=O) groups is 3. The molecule has 8 nitrogen and oxygen atoms in total. The number of thiophene rings is 1. The number of fused-ring (bicyclic) bond motifs is 2. The minimum absolute atomic E-state index is 0.331. The molecule has 5 rings (SSSR count). The van der Waals surface area contributed by atoms with Crippen LogP contribution in [0.1, 0.15) is 17.3 Å². The van der Waals surface area contributed by atoms with Gasteiger partial charge in [-0.1, -0.05) is 6.07 Å². The second-order valence-electron chi connectivity index (χ2n) is 8.19. The normalized spacial score (nSPS) is 28.2. The number of nitrogens with one attached hydrogen (secondary N) is 1. The summed E-state index contributed by atoms with van der Waals surface area (Å²) in [6.45, 7) is 0.845. The van der Waals surface area contributed by atoms with E-state index in [1.165, 1.54) is 23.3 Å². The Morgan fingerprint density at radius 2 is 2.03 bits per heavy atom. The molecular weight excluding hydrogens is 464 g/mol. The molecule has 2 saturated heterocycles. The molecule has 3 aliphatic heterocycles. The zero-order valence-electron chi connectivity index (χ0n) is 18.2. The van der Waals surface area contributed by atoms with Gasteiger partial charge in [-0.3, -0.25) is 19.7 Å².